The summed E-state index contributed by atoms with van der Waals surface area (Å²) in [6.45, 7) is 1.90. The summed E-state index contributed by atoms with van der Waals surface area (Å²) in [5.41, 5.74) is 6.41. The average Bonchev–Trinajstić information content (AvgIpc) is 2.17. The number of nitrogens with zero attached hydrogens (tertiary/aromatic N) is 1. The van der Waals surface area contributed by atoms with E-state index in [2.05, 4.69) is 0 Å². The number of hydrogen-bond acceptors (Lipinski definition) is 3. The number of rotatable bonds is 3. The summed E-state index contributed by atoms with van der Waals surface area (Å²) in [7, 11) is 0. The molecule has 0 aliphatic rings. The topological polar surface area (TPSA) is 69.2 Å². The van der Waals surface area contributed by atoms with Gasteiger partial charge in [-0.05, 0) is 18.1 Å². The lowest BCUT2D eigenvalue weighted by atomic mass is 10.0. The SMILES string of the molecule is CC[C@H](N)c1cc([N+](=O)[O-])ccc1Cl.Cl. The summed E-state index contributed by atoms with van der Waals surface area (Å²) in [6, 6.07) is 4.05. The lowest BCUT2D eigenvalue weighted by Gasteiger charge is -2.10. The average molecular weight is 251 g/mol. The van der Waals surface area contributed by atoms with E-state index in [0.717, 1.165) is 0 Å². The van der Waals surface area contributed by atoms with Crippen LogP contribution in [-0.4, -0.2) is 4.92 Å². The van der Waals surface area contributed by atoms with Crippen LogP contribution in [0, 0.1) is 10.1 Å². The summed E-state index contributed by atoms with van der Waals surface area (Å²) < 4.78 is 0. The molecule has 0 aliphatic carbocycles. The Morgan fingerprint density at radius 2 is 2.20 bits per heavy atom. The molecule has 1 aromatic rings. The fourth-order valence-corrected chi connectivity index (χ4v) is 1.41. The van der Waals surface area contributed by atoms with Crippen molar-refractivity contribution < 1.29 is 4.92 Å². The predicted octanol–water partition coefficient (Wildman–Crippen LogP) is 3.08. The number of hydrogen-bond donors (Lipinski definition) is 1. The lowest BCUT2D eigenvalue weighted by Crippen LogP contribution is -2.09. The Morgan fingerprint density at radius 3 is 2.67 bits per heavy atom. The molecule has 1 atom stereocenters. The van der Waals surface area contributed by atoms with Crippen LogP contribution in [0.25, 0.3) is 0 Å². The molecule has 0 unspecified atom stereocenters. The second-order valence-corrected chi connectivity index (χ2v) is 3.38. The van der Waals surface area contributed by atoms with Gasteiger partial charge in [-0.3, -0.25) is 10.1 Å². The summed E-state index contributed by atoms with van der Waals surface area (Å²) >= 11 is 5.87. The zero-order chi connectivity index (χ0) is 10.7. The lowest BCUT2D eigenvalue weighted by molar-refractivity contribution is -0.384. The Morgan fingerprint density at radius 1 is 1.60 bits per heavy atom. The van der Waals surface area contributed by atoms with Crippen molar-refractivity contribution in [3.8, 4) is 0 Å². The quantitative estimate of drug-likeness (QED) is 0.662. The van der Waals surface area contributed by atoms with E-state index >= 15 is 0 Å². The van der Waals surface area contributed by atoms with Crippen LogP contribution in [0.15, 0.2) is 18.2 Å². The van der Waals surface area contributed by atoms with Gasteiger partial charge in [-0.2, -0.15) is 0 Å². The van der Waals surface area contributed by atoms with Crippen LogP contribution in [0.3, 0.4) is 0 Å². The summed E-state index contributed by atoms with van der Waals surface area (Å²) in [5.74, 6) is 0. The fraction of sp³-hybridized carbons (Fsp3) is 0.333. The number of non-ortho nitro benzene ring substituents is 1. The summed E-state index contributed by atoms with van der Waals surface area (Å²) in [6.07, 6.45) is 0.695. The molecule has 0 saturated carbocycles. The molecule has 0 amide bonds. The van der Waals surface area contributed by atoms with Crippen LogP contribution in [0.4, 0.5) is 5.69 Å². The minimum atomic E-state index is -0.456. The van der Waals surface area contributed by atoms with E-state index in [1.54, 1.807) is 0 Å². The number of benzene rings is 1. The third-order valence-corrected chi connectivity index (χ3v) is 2.37. The molecule has 0 radical (unpaired) electrons. The number of nitrogens with two attached hydrogens (primary N) is 1. The van der Waals surface area contributed by atoms with E-state index < -0.39 is 4.92 Å². The molecule has 0 aliphatic heterocycles. The van der Waals surface area contributed by atoms with Crippen LogP contribution in [-0.2, 0) is 0 Å². The number of nitro groups is 1. The highest BCUT2D eigenvalue weighted by Gasteiger charge is 2.13. The molecule has 2 N–H and O–H groups in total. The third-order valence-electron chi connectivity index (χ3n) is 2.03. The zero-order valence-corrected chi connectivity index (χ0v) is 9.72. The Hall–Kier alpha value is -0.840. The van der Waals surface area contributed by atoms with Gasteiger partial charge in [0.05, 0.1) is 4.92 Å². The molecule has 0 bridgehead atoms. The van der Waals surface area contributed by atoms with E-state index in [-0.39, 0.29) is 24.1 Å². The van der Waals surface area contributed by atoms with Crippen LogP contribution in [0.2, 0.25) is 5.02 Å². The first-order valence-electron chi connectivity index (χ1n) is 4.25. The van der Waals surface area contributed by atoms with Gasteiger partial charge in [0.15, 0.2) is 0 Å². The van der Waals surface area contributed by atoms with Crippen molar-refractivity contribution in [2.75, 3.05) is 0 Å². The van der Waals surface area contributed by atoms with Gasteiger partial charge in [-0.1, -0.05) is 18.5 Å². The molecule has 0 spiro atoms. The first kappa shape index (κ1) is 14.2. The smallest absolute Gasteiger partial charge is 0.269 e. The van der Waals surface area contributed by atoms with Crippen molar-refractivity contribution in [2.45, 2.75) is 19.4 Å². The minimum absolute atomic E-state index is 0. The van der Waals surface area contributed by atoms with E-state index in [9.17, 15) is 10.1 Å². The largest absolute Gasteiger partial charge is 0.324 e. The van der Waals surface area contributed by atoms with Gasteiger partial charge < -0.3 is 5.73 Å². The second-order valence-electron chi connectivity index (χ2n) is 2.98. The molecule has 6 heteroatoms. The van der Waals surface area contributed by atoms with E-state index in [1.807, 2.05) is 6.92 Å². The Balaban J connectivity index is 0.00000196. The first-order valence-corrected chi connectivity index (χ1v) is 4.63. The Kier molecular flexibility index (Phi) is 5.57. The van der Waals surface area contributed by atoms with Crippen LogP contribution in [0.5, 0.6) is 0 Å². The first-order chi connectivity index (χ1) is 6.56. The maximum atomic E-state index is 10.5. The number of halogens is 2. The van der Waals surface area contributed by atoms with E-state index in [0.29, 0.717) is 17.0 Å². The van der Waals surface area contributed by atoms with E-state index in [1.165, 1.54) is 18.2 Å². The zero-order valence-electron chi connectivity index (χ0n) is 8.14. The molecular formula is C9H12Cl2N2O2. The normalized spacial score (nSPS) is 11.7. The van der Waals surface area contributed by atoms with Crippen LogP contribution >= 0.6 is 24.0 Å². The molecule has 1 aromatic carbocycles. The second kappa shape index (κ2) is 5.90. The summed E-state index contributed by atoms with van der Waals surface area (Å²) in [4.78, 5) is 10.0. The monoisotopic (exact) mass is 250 g/mol. The molecular weight excluding hydrogens is 239 g/mol. The Bertz CT molecular complexity index is 358. The Labute approximate surface area is 99.0 Å². The van der Waals surface area contributed by atoms with Crippen molar-refractivity contribution in [2.24, 2.45) is 5.73 Å². The van der Waals surface area contributed by atoms with Crippen molar-refractivity contribution in [1.29, 1.82) is 0 Å². The molecule has 0 fully saturated rings. The maximum Gasteiger partial charge on any atom is 0.269 e. The van der Waals surface area contributed by atoms with Crippen molar-refractivity contribution in [3.63, 3.8) is 0 Å². The van der Waals surface area contributed by atoms with Crippen molar-refractivity contribution >= 4 is 29.7 Å². The molecule has 84 valence electrons. The molecule has 0 saturated heterocycles. The molecule has 15 heavy (non-hydrogen) atoms. The highest BCUT2D eigenvalue weighted by atomic mass is 35.5. The van der Waals surface area contributed by atoms with Crippen molar-refractivity contribution in [1.82, 2.24) is 0 Å². The highest BCUT2D eigenvalue weighted by Crippen LogP contribution is 2.27. The van der Waals surface area contributed by atoms with Gasteiger partial charge in [0.2, 0.25) is 0 Å². The van der Waals surface area contributed by atoms with Gasteiger partial charge in [0, 0.05) is 23.2 Å². The summed E-state index contributed by atoms with van der Waals surface area (Å²) in [5, 5.41) is 11.0. The van der Waals surface area contributed by atoms with Gasteiger partial charge in [0.25, 0.3) is 5.69 Å². The van der Waals surface area contributed by atoms with Crippen LogP contribution < -0.4 is 5.73 Å². The minimum Gasteiger partial charge on any atom is -0.324 e. The van der Waals surface area contributed by atoms with Gasteiger partial charge >= 0.3 is 0 Å². The van der Waals surface area contributed by atoms with Crippen LogP contribution in [0.1, 0.15) is 24.9 Å². The van der Waals surface area contributed by atoms with Gasteiger partial charge in [-0.15, -0.1) is 12.4 Å². The van der Waals surface area contributed by atoms with E-state index in [4.69, 9.17) is 17.3 Å². The number of nitro benzene ring substituents is 1. The molecule has 4 nitrogen and oxygen atoms in total. The molecule has 0 heterocycles. The maximum absolute atomic E-state index is 10.5. The van der Waals surface area contributed by atoms with Crippen molar-refractivity contribution in [3.05, 3.63) is 38.9 Å². The highest BCUT2D eigenvalue weighted by molar-refractivity contribution is 6.31. The van der Waals surface area contributed by atoms with Gasteiger partial charge in [0.1, 0.15) is 0 Å². The molecule has 1 rings (SSSR count). The predicted molar refractivity (Wildman–Crippen MR) is 62.6 cm³/mol. The van der Waals surface area contributed by atoms with Gasteiger partial charge in [-0.25, -0.2) is 0 Å². The molecule has 0 aromatic heterocycles. The third kappa shape index (κ3) is 3.34. The standard InChI is InChI=1S/C9H11ClN2O2.ClH/c1-2-9(11)7-5-6(12(13)14)3-4-8(7)10;/h3-5,9H,2,11H2,1H3;1H/t9-;/m0./s1. The fourth-order valence-electron chi connectivity index (χ4n) is 1.15.